The fourth-order valence-corrected chi connectivity index (χ4v) is 3.93. The third kappa shape index (κ3) is 3.53. The minimum absolute atomic E-state index is 0.0298. The van der Waals surface area contributed by atoms with Crippen LogP contribution in [0.5, 0.6) is 5.75 Å². The topological polar surface area (TPSA) is 43.6 Å². The quantitative estimate of drug-likeness (QED) is 0.528. The highest BCUT2D eigenvalue weighted by Crippen LogP contribution is 2.43. The monoisotopic (exact) mass is 384 g/mol. The zero-order valence-electron chi connectivity index (χ0n) is 17.2. The second kappa shape index (κ2) is 6.79. The van der Waals surface area contributed by atoms with E-state index in [4.69, 9.17) is 9.72 Å². The SMILES string of the molecule is CCOc1c(-c2nc3sccn3c2C=O)cc(C(C)(C)C)cc1C(C)(C)C. The zero-order valence-corrected chi connectivity index (χ0v) is 18.0. The normalized spacial score (nSPS) is 12.6. The summed E-state index contributed by atoms with van der Waals surface area (Å²) in [4.78, 5) is 17.5. The lowest BCUT2D eigenvalue weighted by Gasteiger charge is -2.29. The van der Waals surface area contributed by atoms with Crippen LogP contribution in [0.4, 0.5) is 0 Å². The van der Waals surface area contributed by atoms with E-state index in [0.29, 0.717) is 18.0 Å². The average molecular weight is 385 g/mol. The summed E-state index contributed by atoms with van der Waals surface area (Å²) in [5, 5.41) is 1.94. The number of ether oxygens (including phenoxy) is 1. The molecule has 0 radical (unpaired) electrons. The van der Waals surface area contributed by atoms with Gasteiger partial charge in [-0.3, -0.25) is 9.20 Å². The molecule has 0 aliphatic carbocycles. The second-order valence-electron chi connectivity index (χ2n) is 8.85. The second-order valence-corrected chi connectivity index (χ2v) is 9.73. The predicted octanol–water partition coefficient (Wildman–Crippen LogP) is 5.87. The number of carbonyl (C=O) groups is 1. The van der Waals surface area contributed by atoms with Crippen molar-refractivity contribution in [3.8, 4) is 17.0 Å². The van der Waals surface area contributed by atoms with E-state index < -0.39 is 0 Å². The van der Waals surface area contributed by atoms with Gasteiger partial charge < -0.3 is 4.74 Å². The molecule has 1 aromatic carbocycles. The van der Waals surface area contributed by atoms with Crippen molar-refractivity contribution in [3.63, 3.8) is 0 Å². The maximum atomic E-state index is 11.9. The van der Waals surface area contributed by atoms with Crippen LogP contribution in [-0.4, -0.2) is 22.3 Å². The van der Waals surface area contributed by atoms with Crippen molar-refractivity contribution in [1.82, 2.24) is 9.38 Å². The highest BCUT2D eigenvalue weighted by molar-refractivity contribution is 7.15. The third-order valence-electron chi connectivity index (χ3n) is 4.72. The van der Waals surface area contributed by atoms with Gasteiger partial charge in [-0.05, 0) is 29.4 Å². The fourth-order valence-electron chi connectivity index (χ4n) is 3.21. The minimum Gasteiger partial charge on any atom is -0.493 e. The van der Waals surface area contributed by atoms with E-state index in [-0.39, 0.29) is 10.8 Å². The highest BCUT2D eigenvalue weighted by atomic mass is 32.1. The van der Waals surface area contributed by atoms with Crippen LogP contribution in [-0.2, 0) is 10.8 Å². The first-order chi connectivity index (χ1) is 12.6. The van der Waals surface area contributed by atoms with Gasteiger partial charge in [-0.15, -0.1) is 11.3 Å². The molecule has 0 amide bonds. The predicted molar refractivity (Wildman–Crippen MR) is 112 cm³/mol. The minimum atomic E-state index is -0.0982. The van der Waals surface area contributed by atoms with Crippen molar-refractivity contribution in [3.05, 3.63) is 40.5 Å². The molecule has 0 N–H and O–H groups in total. The van der Waals surface area contributed by atoms with Gasteiger partial charge in [0.15, 0.2) is 11.2 Å². The lowest BCUT2D eigenvalue weighted by Crippen LogP contribution is -2.18. The summed E-state index contributed by atoms with van der Waals surface area (Å²) in [6.45, 7) is 15.7. The van der Waals surface area contributed by atoms with Crippen LogP contribution in [0.2, 0.25) is 0 Å². The molecule has 0 bridgehead atoms. The summed E-state index contributed by atoms with van der Waals surface area (Å²) in [5.41, 5.74) is 4.37. The van der Waals surface area contributed by atoms with E-state index in [2.05, 4.69) is 53.7 Å². The molecule has 144 valence electrons. The number of fused-ring (bicyclic) bond motifs is 1. The van der Waals surface area contributed by atoms with E-state index in [1.54, 1.807) is 0 Å². The van der Waals surface area contributed by atoms with Gasteiger partial charge in [0.05, 0.1) is 6.61 Å². The van der Waals surface area contributed by atoms with Crippen LogP contribution in [0.3, 0.4) is 0 Å². The number of thiazole rings is 1. The number of carbonyl (C=O) groups excluding carboxylic acids is 1. The molecular weight excluding hydrogens is 356 g/mol. The Morgan fingerprint density at radius 1 is 1.15 bits per heavy atom. The van der Waals surface area contributed by atoms with E-state index in [1.165, 1.54) is 16.9 Å². The van der Waals surface area contributed by atoms with Gasteiger partial charge in [0, 0.05) is 22.7 Å². The number of aromatic nitrogens is 2. The molecule has 0 unspecified atom stereocenters. The number of hydrogen-bond donors (Lipinski definition) is 0. The van der Waals surface area contributed by atoms with Crippen molar-refractivity contribution in [2.75, 3.05) is 6.61 Å². The van der Waals surface area contributed by atoms with E-state index in [9.17, 15) is 4.79 Å². The lowest BCUT2D eigenvalue weighted by molar-refractivity contribution is 0.111. The Bertz CT molecular complexity index is 984. The maximum absolute atomic E-state index is 11.9. The first-order valence-electron chi connectivity index (χ1n) is 9.30. The molecule has 0 spiro atoms. The molecular formula is C22H28N2O2S. The van der Waals surface area contributed by atoms with Crippen LogP contribution in [0, 0.1) is 0 Å². The van der Waals surface area contributed by atoms with Gasteiger partial charge >= 0.3 is 0 Å². The Morgan fingerprint density at radius 3 is 2.41 bits per heavy atom. The Kier molecular flexibility index (Phi) is 4.93. The van der Waals surface area contributed by atoms with Crippen molar-refractivity contribution in [2.24, 2.45) is 0 Å². The zero-order chi connectivity index (χ0) is 20.0. The molecule has 2 aromatic heterocycles. The Hall–Kier alpha value is -2.14. The Morgan fingerprint density at radius 2 is 1.85 bits per heavy atom. The first-order valence-corrected chi connectivity index (χ1v) is 10.2. The van der Waals surface area contributed by atoms with Gasteiger partial charge in [-0.2, -0.15) is 0 Å². The van der Waals surface area contributed by atoms with Gasteiger partial charge in [0.25, 0.3) is 0 Å². The van der Waals surface area contributed by atoms with Crippen LogP contribution in [0.1, 0.15) is 70.1 Å². The molecule has 0 atom stereocenters. The molecule has 5 heteroatoms. The van der Waals surface area contributed by atoms with Crippen molar-refractivity contribution >= 4 is 22.6 Å². The number of nitrogens with zero attached hydrogens (tertiary/aromatic N) is 2. The maximum Gasteiger partial charge on any atom is 0.194 e. The summed E-state index contributed by atoms with van der Waals surface area (Å²) in [5.74, 6) is 0.826. The Labute approximate surface area is 165 Å². The summed E-state index contributed by atoms with van der Waals surface area (Å²) in [7, 11) is 0. The fraction of sp³-hybridized carbons (Fsp3) is 0.455. The van der Waals surface area contributed by atoms with Gasteiger partial charge in [0.2, 0.25) is 0 Å². The largest absolute Gasteiger partial charge is 0.493 e. The smallest absolute Gasteiger partial charge is 0.194 e. The standard InChI is InChI=1S/C22H28N2O2S/c1-8-26-19-15(18-17(13-25)24-9-10-27-20(24)23-18)11-14(21(2,3)4)12-16(19)22(5,6)7/h9-13H,8H2,1-7H3. The molecule has 3 rings (SSSR count). The Balaban J connectivity index is 2.41. The molecule has 0 aliphatic heterocycles. The van der Waals surface area contributed by atoms with Crippen molar-refractivity contribution < 1.29 is 9.53 Å². The van der Waals surface area contributed by atoms with E-state index in [1.807, 2.05) is 22.9 Å². The van der Waals surface area contributed by atoms with Crippen LogP contribution in [0.15, 0.2) is 23.7 Å². The summed E-state index contributed by atoms with van der Waals surface area (Å²) in [6, 6.07) is 4.38. The van der Waals surface area contributed by atoms with Crippen LogP contribution in [0.25, 0.3) is 16.2 Å². The number of benzene rings is 1. The highest BCUT2D eigenvalue weighted by Gasteiger charge is 2.28. The number of hydrogen-bond acceptors (Lipinski definition) is 4. The molecule has 2 heterocycles. The number of rotatable bonds is 4. The molecule has 0 saturated heterocycles. The van der Waals surface area contributed by atoms with Gasteiger partial charge in [-0.25, -0.2) is 4.98 Å². The summed E-state index contributed by atoms with van der Waals surface area (Å²) >= 11 is 1.52. The lowest BCUT2D eigenvalue weighted by atomic mass is 9.78. The molecule has 4 nitrogen and oxygen atoms in total. The molecule has 3 aromatic rings. The summed E-state index contributed by atoms with van der Waals surface area (Å²) in [6.07, 6.45) is 2.77. The molecule has 27 heavy (non-hydrogen) atoms. The molecule has 0 saturated carbocycles. The molecule has 0 aliphatic rings. The van der Waals surface area contributed by atoms with Crippen LogP contribution < -0.4 is 4.74 Å². The van der Waals surface area contributed by atoms with E-state index >= 15 is 0 Å². The van der Waals surface area contributed by atoms with Crippen LogP contribution >= 0.6 is 11.3 Å². The van der Waals surface area contributed by atoms with Crippen molar-refractivity contribution in [2.45, 2.75) is 59.3 Å². The number of aldehydes is 1. The number of imidazole rings is 1. The van der Waals surface area contributed by atoms with Gasteiger partial charge in [-0.1, -0.05) is 47.6 Å². The van der Waals surface area contributed by atoms with Gasteiger partial charge in [0.1, 0.15) is 17.1 Å². The first kappa shape index (κ1) is 19.6. The van der Waals surface area contributed by atoms with Crippen molar-refractivity contribution in [1.29, 1.82) is 0 Å². The van der Waals surface area contributed by atoms with E-state index in [0.717, 1.165) is 28.1 Å². The third-order valence-corrected chi connectivity index (χ3v) is 5.47. The average Bonchev–Trinajstić information content (AvgIpc) is 3.13. The molecule has 0 fully saturated rings. The summed E-state index contributed by atoms with van der Waals surface area (Å²) < 4.78 is 7.98.